The molecule has 0 aromatic rings. The molecule has 2 atom stereocenters. The Kier molecular flexibility index (Phi) is 4.65. The van der Waals surface area contributed by atoms with Gasteiger partial charge >= 0.3 is 0 Å². The molecule has 2 aliphatic heterocycles. The number of halogens is 1. The van der Waals surface area contributed by atoms with Crippen LogP contribution in [0.15, 0.2) is 0 Å². The Hall–Kier alpha value is -0.320. The summed E-state index contributed by atoms with van der Waals surface area (Å²) in [5.41, 5.74) is 0. The van der Waals surface area contributed by atoms with E-state index in [9.17, 15) is 4.79 Å². The average molecular weight is 261 g/mol. The van der Waals surface area contributed by atoms with Crippen molar-refractivity contribution in [1.29, 1.82) is 0 Å². The second kappa shape index (κ2) is 6.03. The molecule has 0 spiro atoms. The van der Waals surface area contributed by atoms with Crippen molar-refractivity contribution in [2.75, 3.05) is 45.3 Å². The number of rotatable bonds is 3. The minimum absolute atomic E-state index is 0.0555. The van der Waals surface area contributed by atoms with Crippen molar-refractivity contribution < 1.29 is 9.53 Å². The van der Waals surface area contributed by atoms with Crippen molar-refractivity contribution in [3.05, 3.63) is 0 Å². The van der Waals surface area contributed by atoms with Crippen LogP contribution in [0, 0.1) is 5.92 Å². The summed E-state index contributed by atoms with van der Waals surface area (Å²) in [4.78, 5) is 16.4. The van der Waals surface area contributed by atoms with Gasteiger partial charge in [0.2, 0.25) is 5.91 Å². The van der Waals surface area contributed by atoms with Crippen molar-refractivity contribution >= 4 is 17.5 Å². The Morgan fingerprint density at radius 3 is 2.76 bits per heavy atom. The Morgan fingerprint density at radius 2 is 2.12 bits per heavy atom. The zero-order valence-corrected chi connectivity index (χ0v) is 11.2. The van der Waals surface area contributed by atoms with Gasteiger partial charge in [-0.1, -0.05) is 6.92 Å². The predicted molar refractivity (Wildman–Crippen MR) is 67.3 cm³/mol. The van der Waals surface area contributed by atoms with Crippen LogP contribution >= 0.6 is 11.6 Å². The normalized spacial score (nSPS) is 28.4. The van der Waals surface area contributed by atoms with Gasteiger partial charge < -0.3 is 9.64 Å². The number of morpholine rings is 1. The first-order valence-corrected chi connectivity index (χ1v) is 6.92. The van der Waals surface area contributed by atoms with E-state index in [-0.39, 0.29) is 11.8 Å². The average Bonchev–Trinajstić information content (AvgIpc) is 2.87. The molecule has 2 aliphatic rings. The van der Waals surface area contributed by atoms with Crippen molar-refractivity contribution in [1.82, 2.24) is 9.80 Å². The lowest BCUT2D eigenvalue weighted by atomic mass is 10.2. The summed E-state index contributed by atoms with van der Waals surface area (Å²) < 4.78 is 5.35. The summed E-state index contributed by atoms with van der Waals surface area (Å²) >= 11 is 5.74. The molecule has 2 fully saturated rings. The van der Waals surface area contributed by atoms with Crippen LogP contribution in [-0.4, -0.2) is 67.0 Å². The van der Waals surface area contributed by atoms with Gasteiger partial charge in [0.1, 0.15) is 0 Å². The third kappa shape index (κ3) is 3.12. The molecule has 0 N–H and O–H groups in total. The van der Waals surface area contributed by atoms with E-state index in [0.29, 0.717) is 11.9 Å². The number of alkyl halides is 1. The van der Waals surface area contributed by atoms with E-state index in [0.717, 1.165) is 45.8 Å². The lowest BCUT2D eigenvalue weighted by Gasteiger charge is -2.32. The molecule has 4 nitrogen and oxygen atoms in total. The molecule has 2 heterocycles. The topological polar surface area (TPSA) is 32.8 Å². The van der Waals surface area contributed by atoms with Crippen molar-refractivity contribution in [2.24, 2.45) is 5.92 Å². The largest absolute Gasteiger partial charge is 0.379 e. The first-order valence-electron chi connectivity index (χ1n) is 6.39. The fourth-order valence-electron chi connectivity index (χ4n) is 2.56. The van der Waals surface area contributed by atoms with E-state index < -0.39 is 0 Å². The quantitative estimate of drug-likeness (QED) is 0.704. The highest BCUT2D eigenvalue weighted by Gasteiger charge is 2.32. The second-order valence-electron chi connectivity index (χ2n) is 4.93. The van der Waals surface area contributed by atoms with E-state index in [1.165, 1.54) is 0 Å². The van der Waals surface area contributed by atoms with Crippen LogP contribution in [0.25, 0.3) is 0 Å². The molecule has 17 heavy (non-hydrogen) atoms. The van der Waals surface area contributed by atoms with Gasteiger partial charge in [-0.15, -0.1) is 11.6 Å². The minimum Gasteiger partial charge on any atom is -0.379 e. The van der Waals surface area contributed by atoms with Crippen molar-refractivity contribution in [2.45, 2.75) is 19.4 Å². The Morgan fingerprint density at radius 1 is 1.41 bits per heavy atom. The third-order valence-corrected chi connectivity index (χ3v) is 4.15. The van der Waals surface area contributed by atoms with Gasteiger partial charge in [-0.3, -0.25) is 9.69 Å². The maximum atomic E-state index is 12.0. The number of hydrogen-bond donors (Lipinski definition) is 0. The molecule has 2 saturated heterocycles. The van der Waals surface area contributed by atoms with E-state index in [2.05, 4.69) is 4.90 Å². The molecular formula is C12H21ClN2O2. The van der Waals surface area contributed by atoms with Gasteiger partial charge in [0.15, 0.2) is 0 Å². The summed E-state index contributed by atoms with van der Waals surface area (Å²) in [7, 11) is 0. The van der Waals surface area contributed by atoms with Gasteiger partial charge in [0.05, 0.1) is 13.2 Å². The van der Waals surface area contributed by atoms with Crippen molar-refractivity contribution in [3.63, 3.8) is 0 Å². The summed E-state index contributed by atoms with van der Waals surface area (Å²) in [6, 6.07) is 0.519. The summed E-state index contributed by atoms with van der Waals surface area (Å²) in [6.45, 7) is 7.28. The van der Waals surface area contributed by atoms with Gasteiger partial charge in [0, 0.05) is 44.0 Å². The summed E-state index contributed by atoms with van der Waals surface area (Å²) in [5.74, 6) is 0.563. The van der Waals surface area contributed by atoms with Gasteiger partial charge in [-0.25, -0.2) is 0 Å². The van der Waals surface area contributed by atoms with Crippen LogP contribution in [0.5, 0.6) is 0 Å². The number of hydrogen-bond acceptors (Lipinski definition) is 3. The molecule has 1 amide bonds. The number of nitrogens with zero attached hydrogens (tertiary/aromatic N) is 2. The number of likely N-dealkylation sites (tertiary alicyclic amines) is 1. The number of carbonyl (C=O) groups excluding carboxylic acids is 1. The first kappa shape index (κ1) is 13.1. The molecule has 2 rings (SSSR count). The Labute approximate surface area is 108 Å². The SMILES string of the molecule is CC(CCl)C(=O)N1CCC(N2CCOCC2)C1. The van der Waals surface area contributed by atoms with Crippen LogP contribution in [0.3, 0.4) is 0 Å². The van der Waals surface area contributed by atoms with Gasteiger partial charge in [-0.2, -0.15) is 0 Å². The fraction of sp³-hybridized carbons (Fsp3) is 0.917. The number of ether oxygens (including phenoxy) is 1. The highest BCUT2D eigenvalue weighted by Crippen LogP contribution is 2.19. The molecule has 2 unspecified atom stereocenters. The third-order valence-electron chi connectivity index (χ3n) is 3.69. The highest BCUT2D eigenvalue weighted by atomic mass is 35.5. The van der Waals surface area contributed by atoms with Gasteiger partial charge in [-0.05, 0) is 6.42 Å². The van der Waals surface area contributed by atoms with E-state index in [4.69, 9.17) is 16.3 Å². The van der Waals surface area contributed by atoms with Crippen LogP contribution in [0.1, 0.15) is 13.3 Å². The molecule has 0 bridgehead atoms. The molecule has 98 valence electrons. The van der Waals surface area contributed by atoms with Crippen molar-refractivity contribution in [3.8, 4) is 0 Å². The molecule has 0 saturated carbocycles. The standard InChI is InChI=1S/C12H21ClN2O2/c1-10(8-13)12(16)15-3-2-11(9-15)14-4-6-17-7-5-14/h10-11H,2-9H2,1H3. The Balaban J connectivity index is 1.84. The smallest absolute Gasteiger partial charge is 0.226 e. The maximum Gasteiger partial charge on any atom is 0.226 e. The molecular weight excluding hydrogens is 240 g/mol. The lowest BCUT2D eigenvalue weighted by Crippen LogP contribution is -2.45. The summed E-state index contributed by atoms with van der Waals surface area (Å²) in [6.07, 6.45) is 1.08. The zero-order chi connectivity index (χ0) is 12.3. The minimum atomic E-state index is -0.0555. The molecule has 0 radical (unpaired) electrons. The summed E-state index contributed by atoms with van der Waals surface area (Å²) in [5, 5.41) is 0. The lowest BCUT2D eigenvalue weighted by molar-refractivity contribution is -0.133. The fourth-order valence-corrected chi connectivity index (χ4v) is 2.69. The molecule has 5 heteroatoms. The van der Waals surface area contributed by atoms with Crippen LogP contribution in [0.4, 0.5) is 0 Å². The molecule has 0 aliphatic carbocycles. The zero-order valence-electron chi connectivity index (χ0n) is 10.4. The predicted octanol–water partition coefficient (Wildman–Crippen LogP) is 0.794. The molecule has 0 aromatic heterocycles. The van der Waals surface area contributed by atoms with Crippen LogP contribution < -0.4 is 0 Å². The second-order valence-corrected chi connectivity index (χ2v) is 5.24. The van der Waals surface area contributed by atoms with E-state index in [1.54, 1.807) is 0 Å². The monoisotopic (exact) mass is 260 g/mol. The van der Waals surface area contributed by atoms with Crippen LogP contribution in [-0.2, 0) is 9.53 Å². The number of amides is 1. The Bertz CT molecular complexity index is 269. The molecule has 0 aromatic carbocycles. The van der Waals surface area contributed by atoms with Gasteiger partial charge in [0.25, 0.3) is 0 Å². The van der Waals surface area contributed by atoms with E-state index >= 15 is 0 Å². The first-order chi connectivity index (χ1) is 8.22. The number of carbonyl (C=O) groups is 1. The highest BCUT2D eigenvalue weighted by molar-refractivity contribution is 6.19. The maximum absolute atomic E-state index is 12.0. The van der Waals surface area contributed by atoms with Crippen LogP contribution in [0.2, 0.25) is 0 Å². The van der Waals surface area contributed by atoms with E-state index in [1.807, 2.05) is 11.8 Å².